The van der Waals surface area contributed by atoms with Gasteiger partial charge in [-0.3, -0.25) is 4.79 Å². The molecular formula is C15H18N2O2S. The zero-order valence-electron chi connectivity index (χ0n) is 11.8. The quantitative estimate of drug-likeness (QED) is 0.851. The molecule has 0 spiro atoms. The second kappa shape index (κ2) is 5.96. The van der Waals surface area contributed by atoms with Gasteiger partial charge in [0.1, 0.15) is 5.75 Å². The molecule has 0 saturated heterocycles. The van der Waals surface area contributed by atoms with Gasteiger partial charge in [0.05, 0.1) is 19.3 Å². The molecule has 1 aromatic heterocycles. The van der Waals surface area contributed by atoms with E-state index in [1.165, 1.54) is 17.6 Å². The van der Waals surface area contributed by atoms with Crippen LogP contribution in [-0.4, -0.2) is 13.0 Å². The lowest BCUT2D eigenvalue weighted by molar-refractivity contribution is 0.0951. The van der Waals surface area contributed by atoms with E-state index in [4.69, 9.17) is 10.5 Å². The summed E-state index contributed by atoms with van der Waals surface area (Å²) < 4.78 is 5.11. The molecule has 1 aromatic carbocycles. The van der Waals surface area contributed by atoms with Crippen LogP contribution >= 0.6 is 11.3 Å². The number of carbonyl (C=O) groups is 1. The Bertz CT molecular complexity index is 615. The number of anilines is 1. The minimum Gasteiger partial charge on any atom is -0.495 e. The number of methoxy groups -OCH3 is 1. The highest BCUT2D eigenvalue weighted by atomic mass is 32.1. The normalized spacial score (nSPS) is 10.3. The van der Waals surface area contributed by atoms with E-state index in [0.29, 0.717) is 23.5 Å². The van der Waals surface area contributed by atoms with Crippen LogP contribution in [0.1, 0.15) is 25.7 Å². The molecule has 20 heavy (non-hydrogen) atoms. The molecule has 106 valence electrons. The minimum absolute atomic E-state index is 0.132. The van der Waals surface area contributed by atoms with Gasteiger partial charge in [0.2, 0.25) is 0 Å². The maximum Gasteiger partial charge on any atom is 0.251 e. The lowest BCUT2D eigenvalue weighted by atomic mass is 10.1. The predicted octanol–water partition coefficient (Wildman–Crippen LogP) is 2.89. The standard InChI is InChI=1S/C15H18N2O2S/c1-9-6-12(20-10(9)2)8-17-15(18)11-4-5-13(16)14(7-11)19-3/h4-7H,8,16H2,1-3H3,(H,17,18). The number of carbonyl (C=O) groups excluding carboxylic acids is 1. The van der Waals surface area contributed by atoms with Gasteiger partial charge in [-0.1, -0.05) is 0 Å². The van der Waals surface area contributed by atoms with Crippen LogP contribution in [0.2, 0.25) is 0 Å². The number of amides is 1. The number of nitrogen functional groups attached to an aromatic ring is 1. The summed E-state index contributed by atoms with van der Waals surface area (Å²) >= 11 is 1.70. The lowest BCUT2D eigenvalue weighted by Gasteiger charge is -2.08. The van der Waals surface area contributed by atoms with Gasteiger partial charge in [0.15, 0.2) is 0 Å². The summed E-state index contributed by atoms with van der Waals surface area (Å²) in [6.45, 7) is 4.68. The third-order valence-corrected chi connectivity index (χ3v) is 4.29. The van der Waals surface area contributed by atoms with Gasteiger partial charge in [0.25, 0.3) is 5.91 Å². The van der Waals surface area contributed by atoms with Crippen molar-refractivity contribution < 1.29 is 9.53 Å². The van der Waals surface area contributed by atoms with E-state index in [1.807, 2.05) is 0 Å². The fourth-order valence-electron chi connectivity index (χ4n) is 1.86. The van der Waals surface area contributed by atoms with Crippen molar-refractivity contribution >= 4 is 22.9 Å². The summed E-state index contributed by atoms with van der Waals surface area (Å²) in [6, 6.07) is 7.12. The Morgan fingerprint density at radius 2 is 2.10 bits per heavy atom. The first-order valence-corrected chi connectivity index (χ1v) is 7.10. The third kappa shape index (κ3) is 3.11. The monoisotopic (exact) mass is 290 g/mol. The molecule has 1 heterocycles. The van der Waals surface area contributed by atoms with Crippen molar-refractivity contribution in [3.63, 3.8) is 0 Å². The van der Waals surface area contributed by atoms with E-state index >= 15 is 0 Å². The van der Waals surface area contributed by atoms with Crippen molar-refractivity contribution in [3.8, 4) is 5.75 Å². The Labute approximate surface area is 122 Å². The zero-order chi connectivity index (χ0) is 14.7. The number of thiophene rings is 1. The largest absolute Gasteiger partial charge is 0.495 e. The van der Waals surface area contributed by atoms with Crippen LogP contribution < -0.4 is 15.8 Å². The molecule has 0 unspecified atom stereocenters. The molecule has 0 aliphatic carbocycles. The average molecular weight is 290 g/mol. The number of aryl methyl sites for hydroxylation is 2. The molecule has 5 heteroatoms. The molecule has 4 nitrogen and oxygen atoms in total. The van der Waals surface area contributed by atoms with Crippen molar-refractivity contribution in [2.45, 2.75) is 20.4 Å². The zero-order valence-corrected chi connectivity index (χ0v) is 12.6. The predicted molar refractivity (Wildman–Crippen MR) is 82.4 cm³/mol. The number of ether oxygens (including phenoxy) is 1. The second-order valence-corrected chi connectivity index (χ2v) is 5.93. The van der Waals surface area contributed by atoms with E-state index in [-0.39, 0.29) is 5.91 Å². The van der Waals surface area contributed by atoms with Crippen LogP contribution in [0.25, 0.3) is 0 Å². The number of hydrogen-bond acceptors (Lipinski definition) is 4. The first-order valence-electron chi connectivity index (χ1n) is 6.29. The van der Waals surface area contributed by atoms with E-state index in [0.717, 1.165) is 4.88 Å². The molecule has 0 radical (unpaired) electrons. The smallest absolute Gasteiger partial charge is 0.251 e. The summed E-state index contributed by atoms with van der Waals surface area (Å²) in [4.78, 5) is 14.5. The molecule has 0 fully saturated rings. The molecular weight excluding hydrogens is 272 g/mol. The van der Waals surface area contributed by atoms with Gasteiger partial charge >= 0.3 is 0 Å². The summed E-state index contributed by atoms with van der Waals surface area (Å²) in [7, 11) is 1.53. The van der Waals surface area contributed by atoms with E-state index in [9.17, 15) is 4.79 Å². The molecule has 0 aliphatic rings. The third-order valence-electron chi connectivity index (χ3n) is 3.14. The maximum absolute atomic E-state index is 12.1. The Morgan fingerprint density at radius 1 is 1.35 bits per heavy atom. The van der Waals surface area contributed by atoms with Gasteiger partial charge in [-0.2, -0.15) is 0 Å². The molecule has 2 aromatic rings. The molecule has 0 aliphatic heterocycles. The fourth-order valence-corrected chi connectivity index (χ4v) is 2.85. The molecule has 0 bridgehead atoms. The topological polar surface area (TPSA) is 64.3 Å². The number of nitrogens with one attached hydrogen (secondary N) is 1. The lowest BCUT2D eigenvalue weighted by Crippen LogP contribution is -2.22. The Kier molecular flexibility index (Phi) is 4.29. The van der Waals surface area contributed by atoms with Crippen LogP contribution in [-0.2, 0) is 6.54 Å². The summed E-state index contributed by atoms with van der Waals surface area (Å²) in [5.41, 5.74) is 8.05. The van der Waals surface area contributed by atoms with E-state index in [2.05, 4.69) is 25.2 Å². The molecule has 0 saturated carbocycles. The van der Waals surface area contributed by atoms with Gasteiger partial charge in [-0.25, -0.2) is 0 Å². The molecule has 3 N–H and O–H groups in total. The van der Waals surface area contributed by atoms with Crippen molar-refractivity contribution in [2.75, 3.05) is 12.8 Å². The number of nitrogens with two attached hydrogens (primary N) is 1. The van der Waals surface area contributed by atoms with Crippen molar-refractivity contribution in [2.24, 2.45) is 0 Å². The van der Waals surface area contributed by atoms with Crippen molar-refractivity contribution in [3.05, 3.63) is 45.1 Å². The Hall–Kier alpha value is -2.01. The second-order valence-electron chi connectivity index (χ2n) is 4.59. The van der Waals surface area contributed by atoms with Gasteiger partial charge < -0.3 is 15.8 Å². The average Bonchev–Trinajstić information content (AvgIpc) is 2.75. The van der Waals surface area contributed by atoms with Gasteiger partial charge in [-0.05, 0) is 43.7 Å². The van der Waals surface area contributed by atoms with Crippen molar-refractivity contribution in [1.82, 2.24) is 5.32 Å². The summed E-state index contributed by atoms with van der Waals surface area (Å²) in [6.07, 6.45) is 0. The van der Waals surface area contributed by atoms with Crippen molar-refractivity contribution in [1.29, 1.82) is 0 Å². The number of hydrogen-bond donors (Lipinski definition) is 2. The number of benzene rings is 1. The van der Waals surface area contributed by atoms with Crippen LogP contribution in [0.3, 0.4) is 0 Å². The maximum atomic E-state index is 12.1. The fraction of sp³-hybridized carbons (Fsp3) is 0.267. The highest BCUT2D eigenvalue weighted by Gasteiger charge is 2.09. The Balaban J connectivity index is 2.05. The van der Waals surface area contributed by atoms with Crippen LogP contribution in [0.5, 0.6) is 5.75 Å². The first-order chi connectivity index (χ1) is 9.51. The van der Waals surface area contributed by atoms with Gasteiger partial charge in [0, 0.05) is 15.3 Å². The van der Waals surface area contributed by atoms with Crippen LogP contribution in [0, 0.1) is 13.8 Å². The number of rotatable bonds is 4. The van der Waals surface area contributed by atoms with E-state index in [1.54, 1.807) is 29.5 Å². The SMILES string of the molecule is COc1cc(C(=O)NCc2cc(C)c(C)s2)ccc1N. The molecule has 1 amide bonds. The molecule has 2 rings (SSSR count). The summed E-state index contributed by atoms with van der Waals surface area (Å²) in [5, 5.41) is 2.90. The highest BCUT2D eigenvalue weighted by molar-refractivity contribution is 7.12. The van der Waals surface area contributed by atoms with Crippen LogP contribution in [0.15, 0.2) is 24.3 Å². The van der Waals surface area contributed by atoms with Crippen LogP contribution in [0.4, 0.5) is 5.69 Å². The first kappa shape index (κ1) is 14.4. The molecule has 0 atom stereocenters. The van der Waals surface area contributed by atoms with Gasteiger partial charge in [-0.15, -0.1) is 11.3 Å². The Morgan fingerprint density at radius 3 is 2.70 bits per heavy atom. The minimum atomic E-state index is -0.132. The highest BCUT2D eigenvalue weighted by Crippen LogP contribution is 2.23. The summed E-state index contributed by atoms with van der Waals surface area (Å²) in [5.74, 6) is 0.382. The van der Waals surface area contributed by atoms with E-state index < -0.39 is 0 Å².